The van der Waals surface area contributed by atoms with Crippen molar-refractivity contribution >= 4 is 11.9 Å². The SMILES string of the molecule is CN1CCN(C(=O)NCC(F)(F)F)C(C)(C)C1=O. The average molecular weight is 267 g/mol. The van der Waals surface area contributed by atoms with Crippen LogP contribution < -0.4 is 5.32 Å². The van der Waals surface area contributed by atoms with E-state index in [4.69, 9.17) is 0 Å². The maximum Gasteiger partial charge on any atom is 0.405 e. The molecule has 0 aliphatic carbocycles. The van der Waals surface area contributed by atoms with Gasteiger partial charge in [0.15, 0.2) is 0 Å². The van der Waals surface area contributed by atoms with Crippen molar-refractivity contribution in [3.63, 3.8) is 0 Å². The van der Waals surface area contributed by atoms with Crippen LogP contribution in [0.15, 0.2) is 0 Å². The van der Waals surface area contributed by atoms with Crippen molar-refractivity contribution in [1.29, 1.82) is 0 Å². The number of carbonyl (C=O) groups is 2. The largest absolute Gasteiger partial charge is 0.405 e. The zero-order valence-electron chi connectivity index (χ0n) is 10.5. The van der Waals surface area contributed by atoms with Gasteiger partial charge >= 0.3 is 12.2 Å². The lowest BCUT2D eigenvalue weighted by atomic mass is 9.98. The van der Waals surface area contributed by atoms with Crippen molar-refractivity contribution < 1.29 is 22.8 Å². The van der Waals surface area contributed by atoms with Crippen molar-refractivity contribution in [1.82, 2.24) is 15.1 Å². The smallest absolute Gasteiger partial charge is 0.342 e. The lowest BCUT2D eigenvalue weighted by Gasteiger charge is -2.44. The number of nitrogens with zero attached hydrogens (tertiary/aromatic N) is 2. The molecule has 104 valence electrons. The third kappa shape index (κ3) is 3.05. The number of urea groups is 1. The van der Waals surface area contributed by atoms with Gasteiger partial charge in [-0.25, -0.2) is 4.79 Å². The molecule has 1 saturated heterocycles. The maximum absolute atomic E-state index is 12.0. The van der Waals surface area contributed by atoms with Gasteiger partial charge in [0, 0.05) is 20.1 Å². The van der Waals surface area contributed by atoms with Crippen molar-refractivity contribution in [2.75, 3.05) is 26.7 Å². The summed E-state index contributed by atoms with van der Waals surface area (Å²) in [6.45, 7) is 2.14. The summed E-state index contributed by atoms with van der Waals surface area (Å²) in [5, 5.41) is 1.77. The summed E-state index contributed by atoms with van der Waals surface area (Å²) in [4.78, 5) is 26.1. The number of nitrogens with one attached hydrogen (secondary N) is 1. The average Bonchev–Trinajstić information content (AvgIpc) is 2.22. The number of amides is 3. The standard InChI is InChI=1S/C10H16F3N3O2/c1-9(2)7(17)15(3)4-5-16(9)8(18)14-6-10(11,12)13/h4-6H2,1-3H3,(H,14,18). The molecule has 5 nitrogen and oxygen atoms in total. The molecule has 0 atom stereocenters. The number of carbonyl (C=O) groups excluding carboxylic acids is 2. The fourth-order valence-corrected chi connectivity index (χ4v) is 1.84. The van der Waals surface area contributed by atoms with E-state index in [-0.39, 0.29) is 12.5 Å². The minimum Gasteiger partial charge on any atom is -0.342 e. The van der Waals surface area contributed by atoms with Gasteiger partial charge < -0.3 is 15.1 Å². The lowest BCUT2D eigenvalue weighted by molar-refractivity contribution is -0.144. The first kappa shape index (κ1) is 14.6. The van der Waals surface area contributed by atoms with E-state index in [0.717, 1.165) is 4.90 Å². The van der Waals surface area contributed by atoms with Crippen LogP contribution in [0.1, 0.15) is 13.8 Å². The summed E-state index contributed by atoms with van der Waals surface area (Å²) in [7, 11) is 1.59. The first-order chi connectivity index (χ1) is 8.05. The highest BCUT2D eigenvalue weighted by molar-refractivity contribution is 5.91. The normalized spacial score (nSPS) is 20.0. The summed E-state index contributed by atoms with van der Waals surface area (Å²) in [6, 6.07) is -0.876. The number of piperazine rings is 1. The fourth-order valence-electron chi connectivity index (χ4n) is 1.84. The molecular weight excluding hydrogens is 251 g/mol. The summed E-state index contributed by atoms with van der Waals surface area (Å²) >= 11 is 0. The third-order valence-corrected chi connectivity index (χ3v) is 2.89. The summed E-state index contributed by atoms with van der Waals surface area (Å²) in [6.07, 6.45) is -4.46. The molecule has 8 heteroatoms. The Morgan fingerprint density at radius 2 is 1.94 bits per heavy atom. The Labute approximate surface area is 103 Å². The molecule has 0 radical (unpaired) electrons. The molecule has 0 saturated carbocycles. The second-order valence-corrected chi connectivity index (χ2v) is 4.71. The molecule has 3 amide bonds. The Bertz CT molecular complexity index is 355. The van der Waals surface area contributed by atoms with Crippen LogP contribution in [0.4, 0.5) is 18.0 Å². The van der Waals surface area contributed by atoms with E-state index in [1.54, 1.807) is 12.4 Å². The molecule has 0 unspecified atom stereocenters. The van der Waals surface area contributed by atoms with Gasteiger partial charge in [0.2, 0.25) is 5.91 Å². The zero-order chi connectivity index (χ0) is 14.1. The van der Waals surface area contributed by atoms with Gasteiger partial charge in [-0.3, -0.25) is 4.79 Å². The third-order valence-electron chi connectivity index (χ3n) is 2.89. The Kier molecular flexibility index (Phi) is 3.78. The van der Waals surface area contributed by atoms with Gasteiger partial charge in [-0.05, 0) is 13.8 Å². The van der Waals surface area contributed by atoms with E-state index in [1.807, 2.05) is 0 Å². The number of rotatable bonds is 1. The van der Waals surface area contributed by atoms with E-state index in [9.17, 15) is 22.8 Å². The Hall–Kier alpha value is -1.47. The van der Waals surface area contributed by atoms with Crippen molar-refractivity contribution in [2.24, 2.45) is 0 Å². The van der Waals surface area contributed by atoms with E-state index in [2.05, 4.69) is 0 Å². The topological polar surface area (TPSA) is 52.6 Å². The highest BCUT2D eigenvalue weighted by Crippen LogP contribution is 2.22. The van der Waals surface area contributed by atoms with Gasteiger partial charge in [0.25, 0.3) is 0 Å². The quantitative estimate of drug-likeness (QED) is 0.764. The molecule has 18 heavy (non-hydrogen) atoms. The van der Waals surface area contributed by atoms with Gasteiger partial charge in [-0.1, -0.05) is 0 Å². The van der Waals surface area contributed by atoms with E-state index in [0.29, 0.717) is 6.54 Å². The molecule has 0 aromatic heterocycles. The van der Waals surface area contributed by atoms with Crippen LogP contribution in [0.25, 0.3) is 0 Å². The van der Waals surface area contributed by atoms with Crippen LogP contribution in [-0.4, -0.2) is 60.1 Å². The Morgan fingerprint density at radius 1 is 1.39 bits per heavy atom. The number of alkyl halides is 3. The summed E-state index contributed by atoms with van der Waals surface area (Å²) in [5.74, 6) is -0.295. The minimum atomic E-state index is -4.46. The molecule has 1 heterocycles. The van der Waals surface area contributed by atoms with E-state index >= 15 is 0 Å². The predicted molar refractivity (Wildman–Crippen MR) is 57.9 cm³/mol. The molecule has 1 rings (SSSR count). The second-order valence-electron chi connectivity index (χ2n) is 4.71. The van der Waals surface area contributed by atoms with Crippen LogP contribution >= 0.6 is 0 Å². The summed E-state index contributed by atoms with van der Waals surface area (Å²) in [5.41, 5.74) is -1.14. The fraction of sp³-hybridized carbons (Fsp3) is 0.800. The predicted octanol–water partition coefficient (Wildman–Crippen LogP) is 0.811. The van der Waals surface area contributed by atoms with Gasteiger partial charge in [-0.2, -0.15) is 13.2 Å². The number of halogens is 3. The van der Waals surface area contributed by atoms with Crippen LogP contribution in [0.3, 0.4) is 0 Å². The molecule has 0 aromatic carbocycles. The van der Waals surface area contributed by atoms with Crippen LogP contribution in [-0.2, 0) is 4.79 Å². The van der Waals surface area contributed by atoms with Gasteiger partial charge in [0.1, 0.15) is 12.1 Å². The van der Waals surface area contributed by atoms with E-state index in [1.165, 1.54) is 18.7 Å². The highest BCUT2D eigenvalue weighted by Gasteiger charge is 2.43. The van der Waals surface area contributed by atoms with Crippen molar-refractivity contribution in [3.8, 4) is 0 Å². The van der Waals surface area contributed by atoms with Gasteiger partial charge in [-0.15, -0.1) is 0 Å². The molecule has 0 aromatic rings. The molecule has 1 aliphatic rings. The van der Waals surface area contributed by atoms with E-state index < -0.39 is 24.3 Å². The minimum absolute atomic E-state index is 0.207. The van der Waals surface area contributed by atoms with Gasteiger partial charge in [0.05, 0.1) is 0 Å². The molecule has 0 spiro atoms. The molecule has 0 bridgehead atoms. The first-order valence-electron chi connectivity index (χ1n) is 5.43. The second kappa shape index (κ2) is 4.66. The van der Waals surface area contributed by atoms with Crippen LogP contribution in [0.2, 0.25) is 0 Å². The highest BCUT2D eigenvalue weighted by atomic mass is 19.4. The van der Waals surface area contributed by atoms with Crippen molar-refractivity contribution in [3.05, 3.63) is 0 Å². The molecule has 1 N–H and O–H groups in total. The first-order valence-corrected chi connectivity index (χ1v) is 5.43. The van der Waals surface area contributed by atoms with Crippen molar-refractivity contribution in [2.45, 2.75) is 25.6 Å². The maximum atomic E-state index is 12.0. The Morgan fingerprint density at radius 3 is 2.44 bits per heavy atom. The number of hydrogen-bond acceptors (Lipinski definition) is 2. The molecule has 1 aliphatic heterocycles. The monoisotopic (exact) mass is 267 g/mol. The molecule has 1 fully saturated rings. The van der Waals surface area contributed by atoms with Crippen LogP contribution in [0.5, 0.6) is 0 Å². The number of likely N-dealkylation sites (N-methyl/N-ethyl adjacent to an activating group) is 1. The summed E-state index contributed by atoms with van der Waals surface area (Å²) < 4.78 is 36.0. The Balaban J connectivity index is 2.71. The zero-order valence-corrected chi connectivity index (χ0v) is 10.5. The number of hydrogen-bond donors (Lipinski definition) is 1. The molecular formula is C10H16F3N3O2. The van der Waals surface area contributed by atoms with Crippen LogP contribution in [0, 0.1) is 0 Å². The lowest BCUT2D eigenvalue weighted by Crippen LogP contribution is -2.65.